The second-order valence-corrected chi connectivity index (χ2v) is 9.07. The van der Waals surface area contributed by atoms with Crippen LogP contribution in [-0.2, 0) is 13.2 Å². The van der Waals surface area contributed by atoms with E-state index in [4.69, 9.17) is 10.00 Å². The number of rotatable bonds is 8. The molecule has 2 fully saturated rings. The van der Waals surface area contributed by atoms with Crippen LogP contribution in [0.1, 0.15) is 49.1 Å². The van der Waals surface area contributed by atoms with Gasteiger partial charge in [0.2, 0.25) is 11.8 Å². The summed E-state index contributed by atoms with van der Waals surface area (Å²) in [5.74, 6) is 2.08. The van der Waals surface area contributed by atoms with Crippen molar-refractivity contribution in [3.63, 3.8) is 0 Å². The summed E-state index contributed by atoms with van der Waals surface area (Å²) in [5.41, 5.74) is 2.20. The molecule has 0 aromatic carbocycles. The standard InChI is InChI=1S/C24H29N9O2/c1-35-23-10-21(28-22-9-18(14-34)31-32-22)29-24(30-23)27-17-7-19-3-2-4-20(8-17)33(19)13-15-5-6-16(11-25)26-12-15/h5-6,9-10,12,17,19-20,34H,2-4,7-8,13-14H2,1H3,(H3,27,28,29,30,31,32). The number of H-pyrrole nitrogens is 1. The Morgan fingerprint density at radius 2 is 2.03 bits per heavy atom. The number of piperidine rings is 2. The quantitative estimate of drug-likeness (QED) is 0.383. The minimum absolute atomic E-state index is 0.114. The fourth-order valence-corrected chi connectivity index (χ4v) is 5.13. The number of methoxy groups -OCH3 is 1. The van der Waals surface area contributed by atoms with Gasteiger partial charge in [0.1, 0.15) is 17.6 Å². The van der Waals surface area contributed by atoms with Crippen LogP contribution in [0, 0.1) is 11.3 Å². The first-order valence-electron chi connectivity index (χ1n) is 11.9. The van der Waals surface area contributed by atoms with Gasteiger partial charge in [-0.3, -0.25) is 10.00 Å². The Morgan fingerprint density at radius 1 is 1.20 bits per heavy atom. The van der Waals surface area contributed by atoms with Crippen molar-refractivity contribution in [3.8, 4) is 11.9 Å². The van der Waals surface area contributed by atoms with Crippen LogP contribution in [0.15, 0.2) is 30.5 Å². The molecule has 2 aliphatic rings. The first-order chi connectivity index (χ1) is 17.1. The van der Waals surface area contributed by atoms with Crippen LogP contribution in [0.5, 0.6) is 5.88 Å². The van der Waals surface area contributed by atoms with Crippen LogP contribution in [0.2, 0.25) is 0 Å². The molecule has 2 atom stereocenters. The lowest BCUT2D eigenvalue weighted by Crippen LogP contribution is -2.54. The zero-order chi connectivity index (χ0) is 24.2. The molecule has 0 spiro atoms. The first kappa shape index (κ1) is 23.0. The molecule has 2 aliphatic heterocycles. The minimum Gasteiger partial charge on any atom is -0.481 e. The van der Waals surface area contributed by atoms with Gasteiger partial charge in [-0.15, -0.1) is 0 Å². The normalized spacial score (nSPS) is 21.8. The topological polar surface area (TPSA) is 148 Å². The summed E-state index contributed by atoms with van der Waals surface area (Å²) in [7, 11) is 1.58. The van der Waals surface area contributed by atoms with Gasteiger partial charge in [-0.1, -0.05) is 12.5 Å². The van der Waals surface area contributed by atoms with Crippen molar-refractivity contribution in [1.82, 2.24) is 30.0 Å². The molecule has 3 aromatic heterocycles. The number of hydrogen-bond donors (Lipinski definition) is 4. The van der Waals surface area contributed by atoms with E-state index in [0.29, 0.717) is 46.9 Å². The second-order valence-electron chi connectivity index (χ2n) is 9.07. The summed E-state index contributed by atoms with van der Waals surface area (Å²) < 4.78 is 5.39. The molecule has 2 bridgehead atoms. The van der Waals surface area contributed by atoms with E-state index in [1.54, 1.807) is 25.3 Å². The maximum absolute atomic E-state index is 9.24. The van der Waals surface area contributed by atoms with E-state index in [1.807, 2.05) is 12.3 Å². The average Bonchev–Trinajstić information content (AvgIpc) is 3.32. The summed E-state index contributed by atoms with van der Waals surface area (Å²) in [6, 6.07) is 10.5. The van der Waals surface area contributed by atoms with Crippen LogP contribution in [0.4, 0.5) is 17.6 Å². The fraction of sp³-hybridized carbons (Fsp3) is 0.458. The first-order valence-corrected chi connectivity index (χ1v) is 11.9. The van der Waals surface area contributed by atoms with Crippen molar-refractivity contribution in [3.05, 3.63) is 47.4 Å². The van der Waals surface area contributed by atoms with Crippen molar-refractivity contribution >= 4 is 17.6 Å². The highest BCUT2D eigenvalue weighted by Gasteiger charge is 2.38. The van der Waals surface area contributed by atoms with Crippen molar-refractivity contribution in [2.24, 2.45) is 0 Å². The molecule has 11 heteroatoms. The van der Waals surface area contributed by atoms with Crippen LogP contribution in [0.3, 0.4) is 0 Å². The van der Waals surface area contributed by atoms with Gasteiger partial charge >= 0.3 is 0 Å². The molecule has 0 radical (unpaired) electrons. The predicted molar refractivity (Wildman–Crippen MR) is 129 cm³/mol. The summed E-state index contributed by atoms with van der Waals surface area (Å²) >= 11 is 0. The van der Waals surface area contributed by atoms with Crippen molar-refractivity contribution in [1.29, 1.82) is 5.26 Å². The van der Waals surface area contributed by atoms with E-state index < -0.39 is 0 Å². The van der Waals surface area contributed by atoms with E-state index in [1.165, 1.54) is 6.42 Å². The van der Waals surface area contributed by atoms with E-state index in [-0.39, 0.29) is 12.6 Å². The smallest absolute Gasteiger partial charge is 0.228 e. The number of aromatic amines is 1. The van der Waals surface area contributed by atoms with Gasteiger partial charge in [-0.05, 0) is 37.3 Å². The number of aliphatic hydroxyl groups is 1. The number of nitriles is 1. The number of aromatic nitrogens is 5. The summed E-state index contributed by atoms with van der Waals surface area (Å²) in [5, 5.41) is 31.8. The molecule has 2 unspecified atom stereocenters. The SMILES string of the molecule is COc1cc(Nc2cc(CO)[nH]n2)nc(NC2CC3CCCC(C2)N3Cc2ccc(C#N)nc2)n1. The molecule has 2 saturated heterocycles. The third kappa shape index (κ3) is 5.34. The monoisotopic (exact) mass is 475 g/mol. The summed E-state index contributed by atoms with van der Waals surface area (Å²) in [4.78, 5) is 16.0. The Labute approximate surface area is 203 Å². The number of ether oxygens (including phenoxy) is 1. The second kappa shape index (κ2) is 10.2. The highest BCUT2D eigenvalue weighted by Crippen LogP contribution is 2.36. The third-order valence-corrected chi connectivity index (χ3v) is 6.73. The maximum Gasteiger partial charge on any atom is 0.228 e. The lowest BCUT2D eigenvalue weighted by atomic mass is 9.81. The van der Waals surface area contributed by atoms with E-state index >= 15 is 0 Å². The van der Waals surface area contributed by atoms with E-state index in [2.05, 4.69) is 46.8 Å². The van der Waals surface area contributed by atoms with Gasteiger partial charge in [0.05, 0.1) is 19.4 Å². The van der Waals surface area contributed by atoms with Crippen LogP contribution < -0.4 is 15.4 Å². The summed E-state index contributed by atoms with van der Waals surface area (Å²) in [6.45, 7) is 0.737. The number of nitrogens with one attached hydrogen (secondary N) is 3. The predicted octanol–water partition coefficient (Wildman–Crippen LogP) is 2.71. The molecule has 182 valence electrons. The average molecular weight is 476 g/mol. The molecule has 11 nitrogen and oxygen atoms in total. The zero-order valence-corrected chi connectivity index (χ0v) is 19.6. The Bertz CT molecular complexity index is 1180. The highest BCUT2D eigenvalue weighted by molar-refractivity contribution is 5.55. The number of aliphatic hydroxyl groups excluding tert-OH is 1. The Balaban J connectivity index is 1.27. The zero-order valence-electron chi connectivity index (χ0n) is 19.6. The van der Waals surface area contributed by atoms with Gasteiger partial charge < -0.3 is 20.5 Å². The molecule has 0 amide bonds. The number of hydrogen-bond acceptors (Lipinski definition) is 10. The molecule has 5 rings (SSSR count). The lowest BCUT2D eigenvalue weighted by Gasteiger charge is -2.49. The Morgan fingerprint density at radius 3 is 2.69 bits per heavy atom. The molecule has 0 aliphatic carbocycles. The van der Waals surface area contributed by atoms with Gasteiger partial charge in [0, 0.05) is 43.0 Å². The van der Waals surface area contributed by atoms with Crippen molar-refractivity contribution in [2.75, 3.05) is 17.7 Å². The van der Waals surface area contributed by atoms with E-state index in [0.717, 1.165) is 37.8 Å². The van der Waals surface area contributed by atoms with Gasteiger partial charge in [0.15, 0.2) is 5.82 Å². The van der Waals surface area contributed by atoms with Crippen LogP contribution in [0.25, 0.3) is 0 Å². The maximum atomic E-state index is 9.24. The molecule has 35 heavy (non-hydrogen) atoms. The molecular weight excluding hydrogens is 446 g/mol. The lowest BCUT2D eigenvalue weighted by molar-refractivity contribution is 0.0276. The molecule has 4 N–H and O–H groups in total. The van der Waals surface area contributed by atoms with Gasteiger partial charge in [0.25, 0.3) is 0 Å². The summed E-state index contributed by atoms with van der Waals surface area (Å²) in [6.07, 6.45) is 7.39. The van der Waals surface area contributed by atoms with Gasteiger partial charge in [-0.25, -0.2) is 4.98 Å². The van der Waals surface area contributed by atoms with Crippen LogP contribution in [-0.4, -0.2) is 60.4 Å². The van der Waals surface area contributed by atoms with Gasteiger partial charge in [-0.2, -0.15) is 20.3 Å². The molecule has 3 aromatic rings. The van der Waals surface area contributed by atoms with Crippen molar-refractivity contribution in [2.45, 2.75) is 63.4 Å². The number of anilines is 3. The third-order valence-electron chi connectivity index (χ3n) is 6.73. The highest BCUT2D eigenvalue weighted by atomic mass is 16.5. The number of nitrogens with zero attached hydrogens (tertiary/aromatic N) is 6. The van der Waals surface area contributed by atoms with E-state index in [9.17, 15) is 5.11 Å². The fourth-order valence-electron chi connectivity index (χ4n) is 5.13. The van der Waals surface area contributed by atoms with Crippen molar-refractivity contribution < 1.29 is 9.84 Å². The minimum atomic E-state index is -0.114. The molecule has 0 saturated carbocycles. The van der Waals surface area contributed by atoms with Crippen LogP contribution >= 0.6 is 0 Å². The number of pyridine rings is 1. The Hall–Kier alpha value is -3.75. The molecule has 5 heterocycles. The number of fused-ring (bicyclic) bond motifs is 2. The largest absolute Gasteiger partial charge is 0.481 e. The Kier molecular flexibility index (Phi) is 6.74. The molecular formula is C24H29N9O2.